The van der Waals surface area contributed by atoms with Crippen LogP contribution in [0.25, 0.3) is 21.9 Å². The van der Waals surface area contributed by atoms with Gasteiger partial charge < -0.3 is 14.5 Å². The number of hydrogen-bond donors (Lipinski definition) is 1. The highest BCUT2D eigenvalue weighted by Crippen LogP contribution is 2.29. The van der Waals surface area contributed by atoms with Crippen molar-refractivity contribution in [2.45, 2.75) is 19.6 Å². The lowest BCUT2D eigenvalue weighted by atomic mass is 10.0. The number of para-hydroxylation sites is 2. The van der Waals surface area contributed by atoms with Crippen LogP contribution in [-0.4, -0.2) is 42.5 Å². The third-order valence-corrected chi connectivity index (χ3v) is 6.00. The second-order valence-corrected chi connectivity index (χ2v) is 7.93. The Bertz CT molecular complexity index is 1260. The van der Waals surface area contributed by atoms with Crippen LogP contribution in [0.2, 0.25) is 0 Å². The Morgan fingerprint density at radius 2 is 1.94 bits per heavy atom. The number of benzene rings is 2. The number of carbonyl (C=O) groups is 1. The number of morpholine rings is 1. The molecule has 4 aromatic rings. The van der Waals surface area contributed by atoms with Gasteiger partial charge in [-0.15, -0.1) is 0 Å². The molecule has 0 aliphatic carbocycles. The van der Waals surface area contributed by atoms with E-state index in [0.717, 1.165) is 46.4 Å². The monoisotopic (exact) mass is 415 g/mol. The van der Waals surface area contributed by atoms with Gasteiger partial charge in [0, 0.05) is 30.9 Å². The fraction of sp³-hybridized carbons (Fsp3) is 0.280. The van der Waals surface area contributed by atoms with E-state index in [1.807, 2.05) is 48.5 Å². The third-order valence-electron chi connectivity index (χ3n) is 6.00. The van der Waals surface area contributed by atoms with Crippen LogP contribution in [0.1, 0.15) is 33.5 Å². The maximum absolute atomic E-state index is 12.5. The summed E-state index contributed by atoms with van der Waals surface area (Å²) in [6, 6.07) is 17.7. The fourth-order valence-electron chi connectivity index (χ4n) is 4.29. The number of aryl methyl sites for hydroxylation is 1. The van der Waals surface area contributed by atoms with Crippen molar-refractivity contribution in [3.05, 3.63) is 77.2 Å². The standard InChI is InChI=1S/C25H25N3O3/c1-16-17-7-4-6-10-22(17)31-23(16)14-28-11-12-30-24(15-28)21-13-19(25(29)26-2)18-8-3-5-9-20(18)27-21/h3-10,13,24H,11-12,14-15H2,1-2H3,(H,26,29)/t24-/m0/s1. The van der Waals surface area contributed by atoms with Gasteiger partial charge in [-0.05, 0) is 30.7 Å². The first kappa shape index (κ1) is 19.7. The predicted molar refractivity (Wildman–Crippen MR) is 120 cm³/mol. The van der Waals surface area contributed by atoms with Crippen LogP contribution >= 0.6 is 0 Å². The molecule has 0 unspecified atom stereocenters. The van der Waals surface area contributed by atoms with Crippen molar-refractivity contribution in [1.82, 2.24) is 15.2 Å². The van der Waals surface area contributed by atoms with E-state index in [1.165, 1.54) is 5.56 Å². The highest BCUT2D eigenvalue weighted by atomic mass is 16.5. The number of amides is 1. The minimum Gasteiger partial charge on any atom is -0.459 e. The first-order valence-electron chi connectivity index (χ1n) is 10.6. The van der Waals surface area contributed by atoms with E-state index < -0.39 is 0 Å². The highest BCUT2D eigenvalue weighted by molar-refractivity contribution is 6.06. The van der Waals surface area contributed by atoms with E-state index in [0.29, 0.717) is 18.7 Å². The van der Waals surface area contributed by atoms with Crippen molar-refractivity contribution in [2.24, 2.45) is 0 Å². The summed E-state index contributed by atoms with van der Waals surface area (Å²) in [6.45, 7) is 4.95. The molecule has 0 spiro atoms. The number of nitrogens with zero attached hydrogens (tertiary/aromatic N) is 2. The molecule has 1 N–H and O–H groups in total. The van der Waals surface area contributed by atoms with Gasteiger partial charge in [0.25, 0.3) is 5.91 Å². The van der Waals surface area contributed by atoms with Crippen LogP contribution in [-0.2, 0) is 11.3 Å². The lowest BCUT2D eigenvalue weighted by Crippen LogP contribution is -2.38. The number of nitrogens with one attached hydrogen (secondary N) is 1. The van der Waals surface area contributed by atoms with E-state index >= 15 is 0 Å². The average molecular weight is 415 g/mol. The number of ether oxygens (including phenoxy) is 1. The van der Waals surface area contributed by atoms with E-state index in [-0.39, 0.29) is 12.0 Å². The van der Waals surface area contributed by atoms with E-state index in [2.05, 4.69) is 23.2 Å². The number of carbonyl (C=O) groups excluding carboxylic acids is 1. The summed E-state index contributed by atoms with van der Waals surface area (Å²) >= 11 is 0. The maximum atomic E-state index is 12.5. The van der Waals surface area contributed by atoms with E-state index in [9.17, 15) is 4.79 Å². The van der Waals surface area contributed by atoms with Crippen molar-refractivity contribution in [3.63, 3.8) is 0 Å². The molecular formula is C25H25N3O3. The zero-order valence-corrected chi connectivity index (χ0v) is 17.7. The summed E-state index contributed by atoms with van der Waals surface area (Å²) in [5.41, 5.74) is 4.31. The Morgan fingerprint density at radius 1 is 1.16 bits per heavy atom. The SMILES string of the molecule is CNC(=O)c1cc([C@@H]2CN(Cc3oc4ccccc4c3C)CCO2)nc2ccccc12. The zero-order chi connectivity index (χ0) is 21.4. The van der Waals surface area contributed by atoms with Crippen molar-refractivity contribution in [3.8, 4) is 0 Å². The summed E-state index contributed by atoms with van der Waals surface area (Å²) in [6.07, 6.45) is -0.202. The van der Waals surface area contributed by atoms with Crippen molar-refractivity contribution < 1.29 is 13.9 Å². The molecule has 1 fully saturated rings. The number of rotatable bonds is 4. The van der Waals surface area contributed by atoms with E-state index in [1.54, 1.807) is 7.05 Å². The maximum Gasteiger partial charge on any atom is 0.251 e. The molecule has 6 nitrogen and oxygen atoms in total. The first-order chi connectivity index (χ1) is 15.1. The summed E-state index contributed by atoms with van der Waals surface area (Å²) in [5, 5.41) is 4.74. The lowest BCUT2D eigenvalue weighted by molar-refractivity contribution is -0.0365. The molecule has 31 heavy (non-hydrogen) atoms. The number of furan rings is 1. The number of pyridine rings is 1. The molecule has 5 rings (SSSR count). The number of hydrogen-bond acceptors (Lipinski definition) is 5. The normalized spacial score (nSPS) is 17.3. The van der Waals surface area contributed by atoms with Crippen LogP contribution < -0.4 is 5.32 Å². The van der Waals surface area contributed by atoms with Gasteiger partial charge >= 0.3 is 0 Å². The predicted octanol–water partition coefficient (Wildman–Crippen LogP) is 4.22. The Labute approximate surface area is 180 Å². The summed E-state index contributed by atoms with van der Waals surface area (Å²) < 4.78 is 12.2. The molecule has 2 aromatic carbocycles. The molecular weight excluding hydrogens is 390 g/mol. The highest BCUT2D eigenvalue weighted by Gasteiger charge is 2.26. The van der Waals surface area contributed by atoms with Gasteiger partial charge in [0.2, 0.25) is 0 Å². The average Bonchev–Trinajstić information content (AvgIpc) is 3.13. The molecule has 3 heterocycles. The molecule has 0 bridgehead atoms. The molecule has 1 aliphatic heterocycles. The fourth-order valence-corrected chi connectivity index (χ4v) is 4.29. The third kappa shape index (κ3) is 3.69. The largest absolute Gasteiger partial charge is 0.459 e. The van der Waals surface area contributed by atoms with Gasteiger partial charge in [0.05, 0.1) is 29.9 Å². The Hall–Kier alpha value is -3.22. The number of aromatic nitrogens is 1. The molecule has 2 aromatic heterocycles. The molecule has 0 radical (unpaired) electrons. The van der Waals surface area contributed by atoms with Crippen LogP contribution in [0, 0.1) is 6.92 Å². The second kappa shape index (κ2) is 8.13. The van der Waals surface area contributed by atoms with Gasteiger partial charge in [0.1, 0.15) is 17.4 Å². The molecule has 1 amide bonds. The number of fused-ring (bicyclic) bond motifs is 2. The van der Waals surface area contributed by atoms with Crippen molar-refractivity contribution >= 4 is 27.8 Å². The van der Waals surface area contributed by atoms with Gasteiger partial charge in [-0.1, -0.05) is 36.4 Å². The summed E-state index contributed by atoms with van der Waals surface area (Å²) in [7, 11) is 1.64. The van der Waals surface area contributed by atoms with Gasteiger partial charge in [0.15, 0.2) is 0 Å². The molecule has 1 atom stereocenters. The van der Waals surface area contributed by atoms with Gasteiger partial charge in [-0.3, -0.25) is 9.69 Å². The van der Waals surface area contributed by atoms with Gasteiger partial charge in [-0.2, -0.15) is 0 Å². The minimum absolute atomic E-state index is 0.120. The molecule has 0 saturated carbocycles. The topological polar surface area (TPSA) is 67.6 Å². The Morgan fingerprint density at radius 3 is 2.74 bits per heavy atom. The second-order valence-electron chi connectivity index (χ2n) is 7.93. The quantitative estimate of drug-likeness (QED) is 0.540. The molecule has 1 aliphatic rings. The first-order valence-corrected chi connectivity index (χ1v) is 10.6. The van der Waals surface area contributed by atoms with Crippen LogP contribution in [0.15, 0.2) is 59.0 Å². The Balaban J connectivity index is 1.43. The van der Waals surface area contributed by atoms with Gasteiger partial charge in [-0.25, -0.2) is 4.98 Å². The molecule has 158 valence electrons. The molecule has 1 saturated heterocycles. The van der Waals surface area contributed by atoms with Crippen LogP contribution in [0.3, 0.4) is 0 Å². The zero-order valence-electron chi connectivity index (χ0n) is 17.7. The van der Waals surface area contributed by atoms with Crippen molar-refractivity contribution in [1.29, 1.82) is 0 Å². The lowest BCUT2D eigenvalue weighted by Gasteiger charge is -2.32. The molecule has 6 heteroatoms. The van der Waals surface area contributed by atoms with Crippen LogP contribution in [0.4, 0.5) is 0 Å². The van der Waals surface area contributed by atoms with E-state index in [4.69, 9.17) is 14.1 Å². The van der Waals surface area contributed by atoms with Crippen molar-refractivity contribution in [2.75, 3.05) is 26.7 Å². The van der Waals surface area contributed by atoms with Crippen LogP contribution in [0.5, 0.6) is 0 Å². The Kier molecular flexibility index (Phi) is 5.18. The summed E-state index contributed by atoms with van der Waals surface area (Å²) in [4.78, 5) is 19.6. The smallest absolute Gasteiger partial charge is 0.251 e. The summed E-state index contributed by atoms with van der Waals surface area (Å²) in [5.74, 6) is 0.866. The minimum atomic E-state index is -0.202.